The van der Waals surface area contributed by atoms with Gasteiger partial charge in [-0.1, -0.05) is 32.6 Å². The Morgan fingerprint density at radius 3 is 2.54 bits per heavy atom. The molecule has 78 valence electrons. The van der Waals surface area contributed by atoms with Gasteiger partial charge in [-0.2, -0.15) is 0 Å². The van der Waals surface area contributed by atoms with E-state index < -0.39 is 0 Å². The Bertz CT molecular complexity index is 130. The summed E-state index contributed by atoms with van der Waals surface area (Å²) in [5.74, 6) is 0. The predicted octanol–water partition coefficient (Wildman–Crippen LogP) is 2.07. The average molecular weight is 185 g/mol. The molecule has 0 aromatic heterocycles. The van der Waals surface area contributed by atoms with E-state index in [-0.39, 0.29) is 5.60 Å². The van der Waals surface area contributed by atoms with Crippen LogP contribution in [0.2, 0.25) is 0 Å². The molecule has 2 N–H and O–H groups in total. The summed E-state index contributed by atoms with van der Waals surface area (Å²) in [4.78, 5) is 0. The first-order valence-electron chi connectivity index (χ1n) is 5.70. The molecule has 0 heterocycles. The lowest BCUT2D eigenvalue weighted by Crippen LogP contribution is -2.38. The molecule has 0 aromatic rings. The molecule has 1 saturated carbocycles. The van der Waals surface area contributed by atoms with Crippen LogP contribution < -0.4 is 5.32 Å². The molecular weight excluding hydrogens is 162 g/mol. The molecule has 0 aliphatic heterocycles. The second kappa shape index (κ2) is 5.61. The lowest BCUT2D eigenvalue weighted by molar-refractivity contribution is 0.0479. The van der Waals surface area contributed by atoms with Crippen molar-refractivity contribution in [2.45, 2.75) is 57.5 Å². The van der Waals surface area contributed by atoms with Gasteiger partial charge in [-0.25, -0.2) is 0 Å². The van der Waals surface area contributed by atoms with Crippen molar-refractivity contribution in [2.75, 3.05) is 13.1 Å². The number of unbranched alkanes of at least 4 members (excludes halogenated alkanes) is 2. The molecule has 1 aliphatic rings. The van der Waals surface area contributed by atoms with Crippen molar-refractivity contribution >= 4 is 0 Å². The number of nitrogens with one attached hydrogen (secondary N) is 1. The molecule has 1 aliphatic carbocycles. The van der Waals surface area contributed by atoms with Gasteiger partial charge in [0.25, 0.3) is 0 Å². The van der Waals surface area contributed by atoms with Crippen molar-refractivity contribution in [1.29, 1.82) is 0 Å². The first-order valence-corrected chi connectivity index (χ1v) is 5.70. The SMILES string of the molecule is CCCCCNCC1(O)CCCC1. The fourth-order valence-electron chi connectivity index (χ4n) is 2.03. The highest BCUT2D eigenvalue weighted by molar-refractivity contribution is 4.85. The van der Waals surface area contributed by atoms with Gasteiger partial charge in [0.05, 0.1) is 5.60 Å². The minimum absolute atomic E-state index is 0.369. The second-order valence-electron chi connectivity index (χ2n) is 4.32. The van der Waals surface area contributed by atoms with E-state index in [4.69, 9.17) is 0 Å². The Kier molecular flexibility index (Phi) is 4.74. The zero-order chi connectivity index (χ0) is 9.57. The van der Waals surface area contributed by atoms with E-state index in [0.29, 0.717) is 0 Å². The van der Waals surface area contributed by atoms with E-state index in [1.165, 1.54) is 32.1 Å². The zero-order valence-electron chi connectivity index (χ0n) is 8.81. The summed E-state index contributed by atoms with van der Waals surface area (Å²) in [6.07, 6.45) is 8.20. The van der Waals surface area contributed by atoms with Crippen molar-refractivity contribution in [3.8, 4) is 0 Å². The van der Waals surface area contributed by atoms with Crippen LogP contribution in [0, 0.1) is 0 Å². The van der Waals surface area contributed by atoms with Crippen molar-refractivity contribution in [1.82, 2.24) is 5.32 Å². The Hall–Kier alpha value is -0.0800. The largest absolute Gasteiger partial charge is 0.389 e. The topological polar surface area (TPSA) is 32.3 Å². The van der Waals surface area contributed by atoms with Gasteiger partial charge < -0.3 is 10.4 Å². The van der Waals surface area contributed by atoms with Crippen LogP contribution in [0.1, 0.15) is 51.9 Å². The molecule has 2 nitrogen and oxygen atoms in total. The highest BCUT2D eigenvalue weighted by atomic mass is 16.3. The number of aliphatic hydroxyl groups is 1. The molecule has 2 heteroatoms. The summed E-state index contributed by atoms with van der Waals surface area (Å²) >= 11 is 0. The zero-order valence-corrected chi connectivity index (χ0v) is 8.81. The van der Waals surface area contributed by atoms with E-state index in [1.54, 1.807) is 0 Å². The van der Waals surface area contributed by atoms with Crippen LogP contribution >= 0.6 is 0 Å². The van der Waals surface area contributed by atoms with Gasteiger partial charge in [0.2, 0.25) is 0 Å². The first-order chi connectivity index (χ1) is 6.27. The summed E-state index contributed by atoms with van der Waals surface area (Å²) in [6, 6.07) is 0. The smallest absolute Gasteiger partial charge is 0.0771 e. The third-order valence-electron chi connectivity index (χ3n) is 2.95. The van der Waals surface area contributed by atoms with Gasteiger partial charge in [-0.3, -0.25) is 0 Å². The minimum Gasteiger partial charge on any atom is -0.389 e. The third kappa shape index (κ3) is 4.10. The molecule has 0 radical (unpaired) electrons. The summed E-state index contributed by atoms with van der Waals surface area (Å²) in [5, 5.41) is 13.3. The number of hydrogen-bond donors (Lipinski definition) is 2. The van der Waals surface area contributed by atoms with Crippen molar-refractivity contribution in [3.05, 3.63) is 0 Å². The molecule has 0 unspecified atom stereocenters. The van der Waals surface area contributed by atoms with Gasteiger partial charge in [0, 0.05) is 6.54 Å². The highest BCUT2D eigenvalue weighted by Gasteiger charge is 2.30. The molecule has 0 spiro atoms. The van der Waals surface area contributed by atoms with Crippen molar-refractivity contribution in [3.63, 3.8) is 0 Å². The fraction of sp³-hybridized carbons (Fsp3) is 1.00. The standard InChI is InChI=1S/C11H23NO/c1-2-3-6-9-12-10-11(13)7-4-5-8-11/h12-13H,2-10H2,1H3. The molecule has 0 saturated heterocycles. The van der Waals surface area contributed by atoms with E-state index in [1.807, 2.05) is 0 Å². The number of rotatable bonds is 6. The van der Waals surface area contributed by atoms with Gasteiger partial charge >= 0.3 is 0 Å². The molecule has 1 rings (SSSR count). The van der Waals surface area contributed by atoms with Crippen LogP contribution in [-0.4, -0.2) is 23.8 Å². The highest BCUT2D eigenvalue weighted by Crippen LogP contribution is 2.28. The fourth-order valence-corrected chi connectivity index (χ4v) is 2.03. The Morgan fingerprint density at radius 1 is 1.23 bits per heavy atom. The predicted molar refractivity (Wildman–Crippen MR) is 55.8 cm³/mol. The van der Waals surface area contributed by atoms with Crippen molar-refractivity contribution < 1.29 is 5.11 Å². The summed E-state index contributed by atoms with van der Waals surface area (Å²) in [6.45, 7) is 4.08. The van der Waals surface area contributed by atoms with E-state index in [0.717, 1.165) is 25.9 Å². The Morgan fingerprint density at radius 2 is 1.92 bits per heavy atom. The molecule has 0 atom stereocenters. The molecule has 13 heavy (non-hydrogen) atoms. The molecule has 1 fully saturated rings. The van der Waals surface area contributed by atoms with Gasteiger partial charge in [-0.05, 0) is 25.8 Å². The molecule has 0 amide bonds. The van der Waals surface area contributed by atoms with Crippen LogP contribution in [0.15, 0.2) is 0 Å². The first kappa shape index (κ1) is 11.0. The summed E-state index contributed by atoms with van der Waals surface area (Å²) in [7, 11) is 0. The number of hydrogen-bond acceptors (Lipinski definition) is 2. The maximum absolute atomic E-state index is 9.99. The second-order valence-corrected chi connectivity index (χ2v) is 4.32. The van der Waals surface area contributed by atoms with Crippen LogP contribution in [0.5, 0.6) is 0 Å². The maximum atomic E-state index is 9.99. The Balaban J connectivity index is 1.98. The lowest BCUT2D eigenvalue weighted by Gasteiger charge is -2.22. The van der Waals surface area contributed by atoms with Crippen LogP contribution in [0.25, 0.3) is 0 Å². The van der Waals surface area contributed by atoms with Crippen molar-refractivity contribution in [2.24, 2.45) is 0 Å². The average Bonchev–Trinajstić information content (AvgIpc) is 2.53. The van der Waals surface area contributed by atoms with E-state index in [2.05, 4.69) is 12.2 Å². The monoisotopic (exact) mass is 185 g/mol. The third-order valence-corrected chi connectivity index (χ3v) is 2.95. The minimum atomic E-state index is -0.369. The summed E-state index contributed by atoms with van der Waals surface area (Å²) in [5.41, 5.74) is -0.369. The maximum Gasteiger partial charge on any atom is 0.0771 e. The molecule has 0 bridgehead atoms. The van der Waals surface area contributed by atoms with E-state index >= 15 is 0 Å². The lowest BCUT2D eigenvalue weighted by atomic mass is 10.0. The molecule has 0 aromatic carbocycles. The molecular formula is C11H23NO. The van der Waals surface area contributed by atoms with Gasteiger partial charge in [0.15, 0.2) is 0 Å². The van der Waals surface area contributed by atoms with Crippen LogP contribution in [0.3, 0.4) is 0 Å². The quantitative estimate of drug-likeness (QED) is 0.621. The van der Waals surface area contributed by atoms with Gasteiger partial charge in [-0.15, -0.1) is 0 Å². The Labute approximate surface area is 81.7 Å². The summed E-state index contributed by atoms with van der Waals surface area (Å²) < 4.78 is 0. The van der Waals surface area contributed by atoms with Crippen LogP contribution in [-0.2, 0) is 0 Å². The van der Waals surface area contributed by atoms with E-state index in [9.17, 15) is 5.11 Å². The normalized spacial score (nSPS) is 20.8. The van der Waals surface area contributed by atoms with Crippen LogP contribution in [0.4, 0.5) is 0 Å². The van der Waals surface area contributed by atoms with Gasteiger partial charge in [0.1, 0.15) is 0 Å².